The van der Waals surface area contributed by atoms with Gasteiger partial charge in [0, 0.05) is 40.7 Å². The number of aryl methyl sites for hydroxylation is 3. The van der Waals surface area contributed by atoms with Gasteiger partial charge >= 0.3 is 0 Å². The maximum atomic E-state index is 4.66. The molecule has 25 heavy (non-hydrogen) atoms. The second-order valence-electron chi connectivity index (χ2n) is 7.75. The SMILES string of the molecule is Cc1cc(C)n2nc(CCCNCc3cn[nH]c3C(C)(C)C)cc2n1. The van der Waals surface area contributed by atoms with Crippen LogP contribution in [0.4, 0.5) is 0 Å². The first kappa shape index (κ1) is 17.6. The normalized spacial score (nSPS) is 12.2. The molecule has 3 aromatic rings. The van der Waals surface area contributed by atoms with Crippen LogP contribution >= 0.6 is 0 Å². The van der Waals surface area contributed by atoms with Gasteiger partial charge in [-0.2, -0.15) is 10.2 Å². The van der Waals surface area contributed by atoms with Crippen molar-refractivity contribution in [3.05, 3.63) is 46.7 Å². The Hall–Kier alpha value is -2.21. The lowest BCUT2D eigenvalue weighted by atomic mass is 9.89. The van der Waals surface area contributed by atoms with E-state index >= 15 is 0 Å². The predicted molar refractivity (Wildman–Crippen MR) is 99.8 cm³/mol. The van der Waals surface area contributed by atoms with Crippen molar-refractivity contribution in [2.45, 2.75) is 59.4 Å². The molecule has 0 aliphatic rings. The molecule has 3 aromatic heterocycles. The highest BCUT2D eigenvalue weighted by molar-refractivity contribution is 5.41. The average Bonchev–Trinajstić information content (AvgIpc) is 3.13. The van der Waals surface area contributed by atoms with E-state index in [2.05, 4.69) is 65.4 Å². The number of nitrogens with one attached hydrogen (secondary N) is 2. The standard InChI is InChI=1S/C19H28N6/c1-13-9-14(2)25-17(22-13)10-16(24-25)7-6-8-20-11-15-12-21-23-18(15)19(3,4)5/h9-10,12,20H,6-8,11H2,1-5H3,(H,21,23). The van der Waals surface area contributed by atoms with Gasteiger partial charge < -0.3 is 5.32 Å². The molecule has 6 nitrogen and oxygen atoms in total. The second kappa shape index (κ2) is 6.96. The monoisotopic (exact) mass is 340 g/mol. The smallest absolute Gasteiger partial charge is 0.155 e. The fourth-order valence-corrected chi connectivity index (χ4v) is 3.17. The van der Waals surface area contributed by atoms with Gasteiger partial charge in [0.2, 0.25) is 0 Å². The van der Waals surface area contributed by atoms with E-state index in [1.54, 1.807) is 0 Å². The van der Waals surface area contributed by atoms with Crippen LogP contribution in [-0.2, 0) is 18.4 Å². The third-order valence-electron chi connectivity index (χ3n) is 4.35. The van der Waals surface area contributed by atoms with Crippen molar-refractivity contribution in [2.24, 2.45) is 0 Å². The summed E-state index contributed by atoms with van der Waals surface area (Å²) in [5, 5.41) is 15.5. The molecule has 0 aliphatic carbocycles. The number of hydrogen-bond donors (Lipinski definition) is 2. The number of aromatic nitrogens is 5. The first-order chi connectivity index (χ1) is 11.8. The van der Waals surface area contributed by atoms with Crippen LogP contribution < -0.4 is 5.32 Å². The highest BCUT2D eigenvalue weighted by Gasteiger charge is 2.19. The van der Waals surface area contributed by atoms with Crippen LogP contribution in [-0.4, -0.2) is 31.3 Å². The largest absolute Gasteiger partial charge is 0.313 e. The summed E-state index contributed by atoms with van der Waals surface area (Å²) in [7, 11) is 0. The molecule has 0 saturated heterocycles. The van der Waals surface area contributed by atoms with E-state index in [0.717, 1.165) is 48.7 Å². The Bertz CT molecular complexity index is 853. The Labute approximate surface area is 149 Å². The first-order valence-corrected chi connectivity index (χ1v) is 8.91. The zero-order chi connectivity index (χ0) is 18.0. The Morgan fingerprint density at radius 1 is 1.20 bits per heavy atom. The van der Waals surface area contributed by atoms with Crippen LogP contribution in [0.15, 0.2) is 18.3 Å². The van der Waals surface area contributed by atoms with Gasteiger partial charge in [-0.3, -0.25) is 5.10 Å². The number of fused-ring (bicyclic) bond motifs is 1. The van der Waals surface area contributed by atoms with Gasteiger partial charge in [-0.15, -0.1) is 0 Å². The van der Waals surface area contributed by atoms with Crippen molar-refractivity contribution in [1.82, 2.24) is 30.1 Å². The molecule has 0 unspecified atom stereocenters. The van der Waals surface area contributed by atoms with E-state index in [9.17, 15) is 0 Å². The molecule has 0 fully saturated rings. The van der Waals surface area contributed by atoms with E-state index < -0.39 is 0 Å². The van der Waals surface area contributed by atoms with Gasteiger partial charge in [0.1, 0.15) is 0 Å². The molecule has 0 aromatic carbocycles. The maximum Gasteiger partial charge on any atom is 0.155 e. The molecule has 3 rings (SSSR count). The minimum Gasteiger partial charge on any atom is -0.313 e. The number of rotatable bonds is 6. The molecule has 2 N–H and O–H groups in total. The maximum absolute atomic E-state index is 4.66. The highest BCUT2D eigenvalue weighted by Crippen LogP contribution is 2.23. The lowest BCUT2D eigenvalue weighted by molar-refractivity contribution is 0.552. The van der Waals surface area contributed by atoms with Crippen molar-refractivity contribution in [1.29, 1.82) is 0 Å². The summed E-state index contributed by atoms with van der Waals surface area (Å²) in [5.41, 5.74) is 6.74. The second-order valence-corrected chi connectivity index (χ2v) is 7.75. The molecule has 0 radical (unpaired) electrons. The lowest BCUT2D eigenvalue weighted by Gasteiger charge is -2.18. The summed E-state index contributed by atoms with van der Waals surface area (Å²) in [6, 6.07) is 4.15. The predicted octanol–water partition coefficient (Wildman–Crippen LogP) is 3.09. The average molecular weight is 340 g/mol. The Kier molecular flexibility index (Phi) is 4.90. The molecule has 0 spiro atoms. The molecule has 0 aliphatic heterocycles. The Morgan fingerprint density at radius 3 is 2.76 bits per heavy atom. The molecule has 0 saturated carbocycles. The van der Waals surface area contributed by atoms with Gasteiger partial charge in [0.15, 0.2) is 5.65 Å². The van der Waals surface area contributed by atoms with Gasteiger partial charge in [-0.25, -0.2) is 9.50 Å². The van der Waals surface area contributed by atoms with Gasteiger partial charge in [0.05, 0.1) is 11.9 Å². The molecule has 0 atom stereocenters. The van der Waals surface area contributed by atoms with Crippen molar-refractivity contribution >= 4 is 5.65 Å². The number of hydrogen-bond acceptors (Lipinski definition) is 4. The van der Waals surface area contributed by atoms with Crippen LogP contribution in [0.1, 0.15) is 55.5 Å². The third-order valence-corrected chi connectivity index (χ3v) is 4.35. The Balaban J connectivity index is 1.51. The quantitative estimate of drug-likeness (QED) is 0.677. The topological polar surface area (TPSA) is 70.9 Å². The molecular weight excluding hydrogens is 312 g/mol. The number of aromatic amines is 1. The summed E-state index contributed by atoms with van der Waals surface area (Å²) in [6.07, 6.45) is 3.92. The van der Waals surface area contributed by atoms with E-state index in [4.69, 9.17) is 0 Å². The van der Waals surface area contributed by atoms with Crippen LogP contribution in [0, 0.1) is 13.8 Å². The van der Waals surface area contributed by atoms with Crippen molar-refractivity contribution in [3.8, 4) is 0 Å². The lowest BCUT2D eigenvalue weighted by Crippen LogP contribution is -2.20. The van der Waals surface area contributed by atoms with Gasteiger partial charge in [-0.1, -0.05) is 20.8 Å². The fourth-order valence-electron chi connectivity index (χ4n) is 3.17. The summed E-state index contributed by atoms with van der Waals surface area (Å²) in [5.74, 6) is 0. The minimum absolute atomic E-state index is 0.0903. The van der Waals surface area contributed by atoms with E-state index in [-0.39, 0.29) is 5.41 Å². The third kappa shape index (κ3) is 4.07. The van der Waals surface area contributed by atoms with Gasteiger partial charge in [0.25, 0.3) is 0 Å². The van der Waals surface area contributed by atoms with Crippen molar-refractivity contribution < 1.29 is 0 Å². The molecule has 6 heteroatoms. The van der Waals surface area contributed by atoms with Crippen LogP contribution in [0.5, 0.6) is 0 Å². The summed E-state index contributed by atoms with van der Waals surface area (Å²) >= 11 is 0. The fraction of sp³-hybridized carbons (Fsp3) is 0.526. The zero-order valence-electron chi connectivity index (χ0n) is 15.8. The molecule has 3 heterocycles. The Morgan fingerprint density at radius 2 is 2.00 bits per heavy atom. The first-order valence-electron chi connectivity index (χ1n) is 8.91. The van der Waals surface area contributed by atoms with E-state index in [0.29, 0.717) is 0 Å². The van der Waals surface area contributed by atoms with Crippen LogP contribution in [0.3, 0.4) is 0 Å². The van der Waals surface area contributed by atoms with Gasteiger partial charge in [-0.05, 0) is 39.3 Å². The zero-order valence-corrected chi connectivity index (χ0v) is 15.8. The van der Waals surface area contributed by atoms with Crippen molar-refractivity contribution in [3.63, 3.8) is 0 Å². The molecular formula is C19H28N6. The minimum atomic E-state index is 0.0903. The van der Waals surface area contributed by atoms with Crippen LogP contribution in [0.2, 0.25) is 0 Å². The number of H-pyrrole nitrogens is 1. The highest BCUT2D eigenvalue weighted by atomic mass is 15.3. The van der Waals surface area contributed by atoms with Crippen LogP contribution in [0.25, 0.3) is 5.65 Å². The summed E-state index contributed by atoms with van der Waals surface area (Å²) < 4.78 is 1.93. The molecule has 134 valence electrons. The van der Waals surface area contributed by atoms with E-state index in [1.807, 2.05) is 17.6 Å². The van der Waals surface area contributed by atoms with Crippen molar-refractivity contribution in [2.75, 3.05) is 6.54 Å². The van der Waals surface area contributed by atoms with E-state index in [1.165, 1.54) is 11.3 Å². The molecule has 0 amide bonds. The number of nitrogens with zero attached hydrogens (tertiary/aromatic N) is 4. The molecule has 0 bridgehead atoms. The summed E-state index contributed by atoms with van der Waals surface area (Å²) in [6.45, 7) is 12.5. The summed E-state index contributed by atoms with van der Waals surface area (Å²) in [4.78, 5) is 4.54.